The number of alkyl halides is 1. The van der Waals surface area contributed by atoms with E-state index in [0.717, 1.165) is 5.69 Å². The Labute approximate surface area is 179 Å². The van der Waals surface area contributed by atoms with E-state index in [4.69, 9.17) is 4.74 Å². The molecule has 1 aliphatic heterocycles. The van der Waals surface area contributed by atoms with Gasteiger partial charge in [0.25, 0.3) is 0 Å². The van der Waals surface area contributed by atoms with Gasteiger partial charge < -0.3 is 15.4 Å². The van der Waals surface area contributed by atoms with Gasteiger partial charge in [0.1, 0.15) is 30.4 Å². The highest BCUT2D eigenvalue weighted by atomic mass is 19.1. The van der Waals surface area contributed by atoms with E-state index >= 15 is 0 Å². The number of halogens is 1. The van der Waals surface area contributed by atoms with Gasteiger partial charge in [-0.05, 0) is 45.0 Å². The number of hydrogen-bond acceptors (Lipinski definition) is 8. The Bertz CT molecular complexity index is 1090. The second-order valence-corrected chi connectivity index (χ2v) is 7.55. The molecular formula is C21H23FN8O. The van der Waals surface area contributed by atoms with Gasteiger partial charge in [-0.15, -0.1) is 0 Å². The summed E-state index contributed by atoms with van der Waals surface area (Å²) in [6.45, 7) is 5.01. The Morgan fingerprint density at radius 2 is 2.23 bits per heavy atom. The molecule has 2 aromatic heterocycles. The van der Waals surface area contributed by atoms with Gasteiger partial charge in [-0.2, -0.15) is 15.3 Å². The molecule has 1 aliphatic rings. The lowest BCUT2D eigenvalue weighted by molar-refractivity contribution is 0.0729. The van der Waals surface area contributed by atoms with Gasteiger partial charge in [-0.25, -0.2) is 14.4 Å². The highest BCUT2D eigenvalue weighted by molar-refractivity contribution is 5.63. The van der Waals surface area contributed by atoms with Crippen LogP contribution >= 0.6 is 0 Å². The van der Waals surface area contributed by atoms with E-state index in [1.54, 1.807) is 24.4 Å². The van der Waals surface area contributed by atoms with E-state index in [9.17, 15) is 9.65 Å². The molecule has 2 N–H and O–H groups in total. The number of aromatic nitrogens is 5. The van der Waals surface area contributed by atoms with Crippen LogP contribution in [0.3, 0.4) is 0 Å². The lowest BCUT2D eigenvalue weighted by Gasteiger charge is -2.27. The second-order valence-electron chi connectivity index (χ2n) is 7.55. The van der Waals surface area contributed by atoms with Crippen LogP contribution in [0.4, 0.5) is 16.0 Å². The zero-order valence-corrected chi connectivity index (χ0v) is 17.3. The lowest BCUT2D eigenvalue weighted by atomic mass is 10.1. The van der Waals surface area contributed by atoms with Crippen LogP contribution in [-0.4, -0.2) is 50.1 Å². The first-order chi connectivity index (χ1) is 15.0. The minimum atomic E-state index is -1.11. The van der Waals surface area contributed by atoms with Crippen LogP contribution in [-0.2, 0) is 0 Å². The van der Waals surface area contributed by atoms with E-state index < -0.39 is 12.3 Å². The van der Waals surface area contributed by atoms with E-state index in [0.29, 0.717) is 41.6 Å². The maximum Gasteiger partial charge on any atom is 0.230 e. The van der Waals surface area contributed by atoms with Crippen molar-refractivity contribution in [2.45, 2.75) is 38.6 Å². The number of hydrogen-bond donors (Lipinski definition) is 2. The van der Waals surface area contributed by atoms with Crippen molar-refractivity contribution in [3.05, 3.63) is 42.5 Å². The number of benzene rings is 1. The average Bonchev–Trinajstić information content (AvgIpc) is 3.24. The fourth-order valence-electron chi connectivity index (χ4n) is 3.26. The van der Waals surface area contributed by atoms with Gasteiger partial charge in [0.05, 0.1) is 17.4 Å². The molecule has 160 valence electrons. The minimum absolute atomic E-state index is 0.243. The summed E-state index contributed by atoms with van der Waals surface area (Å²) in [5.41, 5.74) is 1.70. The summed E-state index contributed by atoms with van der Waals surface area (Å²) in [4.78, 5) is 12.8. The molecule has 3 heterocycles. The number of nitrogens with one attached hydrogen (secondary N) is 2. The van der Waals surface area contributed by atoms with E-state index in [-0.39, 0.29) is 12.6 Å². The van der Waals surface area contributed by atoms with Gasteiger partial charge in [0.2, 0.25) is 5.95 Å². The largest absolute Gasteiger partial charge is 0.486 e. The number of nitriles is 1. The quantitative estimate of drug-likeness (QED) is 0.623. The Balaban J connectivity index is 1.53. The third-order valence-corrected chi connectivity index (χ3v) is 4.94. The highest BCUT2D eigenvalue weighted by Gasteiger charge is 2.27. The maximum atomic E-state index is 14.1. The van der Waals surface area contributed by atoms with Crippen LogP contribution in [0.25, 0.3) is 11.4 Å². The molecule has 4 rings (SSSR count). The molecular weight excluding hydrogens is 399 g/mol. The summed E-state index contributed by atoms with van der Waals surface area (Å²) in [7, 11) is 0. The predicted octanol–water partition coefficient (Wildman–Crippen LogP) is 3.01. The lowest BCUT2D eigenvalue weighted by Crippen LogP contribution is -2.44. The minimum Gasteiger partial charge on any atom is -0.486 e. The Hall–Kier alpha value is -3.58. The van der Waals surface area contributed by atoms with Gasteiger partial charge in [-0.3, -0.25) is 4.68 Å². The van der Waals surface area contributed by atoms with E-state index in [1.165, 1.54) is 6.33 Å². The molecule has 2 atom stereocenters. The third kappa shape index (κ3) is 4.78. The van der Waals surface area contributed by atoms with Gasteiger partial charge in [0, 0.05) is 24.3 Å². The molecule has 1 fully saturated rings. The van der Waals surface area contributed by atoms with E-state index in [1.807, 2.05) is 24.7 Å². The van der Waals surface area contributed by atoms with Crippen LogP contribution in [0.5, 0.6) is 5.75 Å². The fraction of sp³-hybridized carbons (Fsp3) is 0.381. The van der Waals surface area contributed by atoms with Gasteiger partial charge in [-0.1, -0.05) is 0 Å². The summed E-state index contributed by atoms with van der Waals surface area (Å²) < 4.78 is 21.7. The first kappa shape index (κ1) is 20.7. The topological polar surface area (TPSA) is 114 Å². The fourth-order valence-corrected chi connectivity index (χ4v) is 3.26. The molecule has 31 heavy (non-hydrogen) atoms. The number of rotatable bonds is 6. The van der Waals surface area contributed by atoms with Crippen LogP contribution in [0.2, 0.25) is 0 Å². The van der Waals surface area contributed by atoms with Crippen LogP contribution in [0.1, 0.15) is 31.9 Å². The Morgan fingerprint density at radius 3 is 2.97 bits per heavy atom. The van der Waals surface area contributed by atoms with Crippen LogP contribution in [0.15, 0.2) is 36.9 Å². The van der Waals surface area contributed by atoms with Crippen LogP contribution < -0.4 is 15.4 Å². The SMILES string of the molecule is CC(C)n1cc(Nc2ncnc(-c3ccc(O[C@H]4CCNC[C@H]4F)c(C#N)c3)n2)cn1. The van der Waals surface area contributed by atoms with Crippen molar-refractivity contribution in [1.82, 2.24) is 30.0 Å². The molecule has 0 unspecified atom stereocenters. The van der Waals surface area contributed by atoms with Crippen molar-refractivity contribution in [3.8, 4) is 23.2 Å². The Kier molecular flexibility index (Phi) is 6.04. The number of nitrogens with zero attached hydrogens (tertiary/aromatic N) is 6. The predicted molar refractivity (Wildman–Crippen MR) is 113 cm³/mol. The van der Waals surface area contributed by atoms with Crippen LogP contribution in [0, 0.1) is 11.3 Å². The smallest absolute Gasteiger partial charge is 0.230 e. The number of ether oxygens (including phenoxy) is 1. The molecule has 1 aromatic carbocycles. The van der Waals surface area contributed by atoms with Crippen molar-refractivity contribution < 1.29 is 9.13 Å². The first-order valence-electron chi connectivity index (χ1n) is 10.1. The van der Waals surface area contributed by atoms with Crippen molar-refractivity contribution in [3.63, 3.8) is 0 Å². The first-order valence-corrected chi connectivity index (χ1v) is 10.1. The summed E-state index contributed by atoms with van der Waals surface area (Å²) in [6.07, 6.45) is 3.83. The van der Waals surface area contributed by atoms with Crippen molar-refractivity contribution in [2.75, 3.05) is 18.4 Å². The molecule has 1 saturated heterocycles. The molecule has 0 spiro atoms. The second kappa shape index (κ2) is 9.06. The number of piperidine rings is 1. The van der Waals surface area contributed by atoms with Crippen molar-refractivity contribution in [1.29, 1.82) is 5.26 Å². The molecule has 10 heteroatoms. The molecule has 0 radical (unpaired) electrons. The zero-order chi connectivity index (χ0) is 21.8. The Morgan fingerprint density at radius 1 is 1.35 bits per heavy atom. The summed E-state index contributed by atoms with van der Waals surface area (Å²) >= 11 is 0. The van der Waals surface area contributed by atoms with Gasteiger partial charge >= 0.3 is 0 Å². The molecule has 3 aromatic rings. The summed E-state index contributed by atoms with van der Waals surface area (Å²) in [5.74, 6) is 1.12. The van der Waals surface area contributed by atoms with Crippen molar-refractivity contribution in [2.24, 2.45) is 0 Å². The molecule has 0 aliphatic carbocycles. The normalized spacial score (nSPS) is 18.5. The highest BCUT2D eigenvalue weighted by Crippen LogP contribution is 2.27. The molecule has 9 nitrogen and oxygen atoms in total. The molecule has 0 saturated carbocycles. The molecule has 0 bridgehead atoms. The monoisotopic (exact) mass is 422 g/mol. The van der Waals surface area contributed by atoms with Gasteiger partial charge in [0.15, 0.2) is 5.82 Å². The van der Waals surface area contributed by atoms with E-state index in [2.05, 4.69) is 36.8 Å². The van der Waals surface area contributed by atoms with Crippen molar-refractivity contribution >= 4 is 11.6 Å². The summed E-state index contributed by atoms with van der Waals surface area (Å²) in [6, 6.07) is 7.41. The third-order valence-electron chi connectivity index (χ3n) is 4.94. The maximum absolute atomic E-state index is 14.1. The standard InChI is InChI=1S/C21H23FN8O/c1-13(2)30-11-16(9-27-30)28-21-26-12-25-20(29-21)14-3-4-18(15(7-14)8-23)31-19-5-6-24-10-17(19)22/h3-4,7,9,11-13,17,19,24H,5-6,10H2,1-2H3,(H,25,26,28,29)/t17-,19+/m1/s1. The zero-order valence-electron chi connectivity index (χ0n) is 17.3. The average molecular weight is 422 g/mol. The molecule has 0 amide bonds. The number of anilines is 2. The summed E-state index contributed by atoms with van der Waals surface area (Å²) in [5, 5.41) is 19.9.